The van der Waals surface area contributed by atoms with E-state index in [1.54, 1.807) is 31.4 Å². The van der Waals surface area contributed by atoms with Gasteiger partial charge < -0.3 is 19.7 Å². The second-order valence-corrected chi connectivity index (χ2v) is 9.77. The lowest BCUT2D eigenvalue weighted by Crippen LogP contribution is -3.15. The highest BCUT2D eigenvalue weighted by Crippen LogP contribution is 2.29. The van der Waals surface area contributed by atoms with Crippen LogP contribution in [0.4, 0.5) is 5.69 Å². The average Bonchev–Trinajstić information content (AvgIpc) is 2.76. The number of quaternary nitrogens is 1. The van der Waals surface area contributed by atoms with Crippen LogP contribution in [-0.4, -0.2) is 65.6 Å². The summed E-state index contributed by atoms with van der Waals surface area (Å²) in [6.45, 7) is 1.75. The van der Waals surface area contributed by atoms with Gasteiger partial charge in [-0.05, 0) is 30.3 Å². The van der Waals surface area contributed by atoms with E-state index in [0.29, 0.717) is 35.3 Å². The van der Waals surface area contributed by atoms with Crippen molar-refractivity contribution in [2.75, 3.05) is 52.3 Å². The molecule has 2 N–H and O–H groups in total. The number of carbonyl (C=O) groups is 1. The van der Waals surface area contributed by atoms with Crippen molar-refractivity contribution in [1.29, 1.82) is 0 Å². The fourth-order valence-corrected chi connectivity index (χ4v) is 5.54. The molecule has 1 aliphatic heterocycles. The summed E-state index contributed by atoms with van der Waals surface area (Å²) in [4.78, 5) is 13.5. The number of halogens is 2. The number of benzene rings is 2. The van der Waals surface area contributed by atoms with Crippen molar-refractivity contribution in [3.05, 3.63) is 46.4 Å². The number of nitrogens with one attached hydrogen (secondary N) is 2. The van der Waals surface area contributed by atoms with Gasteiger partial charge in [0.05, 0.1) is 51.1 Å². The highest BCUT2D eigenvalue weighted by Gasteiger charge is 2.32. The van der Waals surface area contributed by atoms with Crippen molar-refractivity contribution in [3.63, 3.8) is 0 Å². The van der Waals surface area contributed by atoms with Crippen LogP contribution in [0, 0.1) is 0 Å². The number of rotatable bonds is 7. The van der Waals surface area contributed by atoms with Crippen LogP contribution in [-0.2, 0) is 14.8 Å². The topological polar surface area (TPSA) is 89.4 Å². The second kappa shape index (κ2) is 10.1. The first kappa shape index (κ1) is 23.6. The third-order valence-electron chi connectivity index (χ3n) is 5.03. The van der Waals surface area contributed by atoms with Crippen molar-refractivity contribution in [1.82, 2.24) is 4.31 Å². The smallest absolute Gasteiger partial charge is 0.279 e. The Morgan fingerprint density at radius 3 is 2.45 bits per heavy atom. The molecular weight excluding hydrogens is 465 g/mol. The Hall–Kier alpha value is -2.04. The van der Waals surface area contributed by atoms with Gasteiger partial charge in [0.25, 0.3) is 5.91 Å². The maximum atomic E-state index is 12.9. The van der Waals surface area contributed by atoms with Gasteiger partial charge in [0.15, 0.2) is 6.54 Å². The first-order valence-electron chi connectivity index (χ1n) is 9.55. The van der Waals surface area contributed by atoms with Gasteiger partial charge in [-0.25, -0.2) is 8.42 Å². The Bertz CT molecular complexity index is 1060. The molecule has 1 heterocycles. The summed E-state index contributed by atoms with van der Waals surface area (Å²) in [6.07, 6.45) is 0. The van der Waals surface area contributed by atoms with Crippen molar-refractivity contribution >= 4 is 44.8 Å². The van der Waals surface area contributed by atoms with Crippen LogP contribution in [0.5, 0.6) is 11.5 Å². The molecule has 0 unspecified atom stereocenters. The molecule has 11 heteroatoms. The third-order valence-corrected chi connectivity index (χ3v) is 7.65. The van der Waals surface area contributed by atoms with Crippen LogP contribution in [0.15, 0.2) is 41.3 Å². The van der Waals surface area contributed by atoms with Crippen LogP contribution >= 0.6 is 23.2 Å². The number of hydrogen-bond donors (Lipinski definition) is 2. The standard InChI is InChI=1S/C20H23Cl2N3O5S/c1-29-15-4-6-17(18(12-15)30-2)23-20(26)13-24-7-9-25(10-8-24)31(27,28)19-11-14(21)3-5-16(19)22/h3-6,11-12H,7-10,13H2,1-2H3,(H,23,26)/p+1. The number of carbonyl (C=O) groups excluding carboxylic acids is 1. The van der Waals surface area contributed by atoms with E-state index in [1.807, 2.05) is 0 Å². The van der Waals surface area contributed by atoms with Gasteiger partial charge in [-0.2, -0.15) is 4.31 Å². The van der Waals surface area contributed by atoms with E-state index in [4.69, 9.17) is 32.7 Å². The minimum Gasteiger partial charge on any atom is -0.497 e. The molecule has 0 aromatic heterocycles. The predicted octanol–water partition coefficient (Wildman–Crippen LogP) is 1.54. The van der Waals surface area contributed by atoms with Gasteiger partial charge in [0, 0.05) is 11.1 Å². The molecule has 2 aromatic rings. The summed E-state index contributed by atoms with van der Waals surface area (Å²) in [5.41, 5.74) is 0.546. The Labute approximate surface area is 191 Å². The lowest BCUT2D eigenvalue weighted by molar-refractivity contribution is -0.895. The number of hydrogen-bond acceptors (Lipinski definition) is 5. The molecule has 0 bridgehead atoms. The van der Waals surface area contributed by atoms with Gasteiger partial charge in [0.2, 0.25) is 10.0 Å². The van der Waals surface area contributed by atoms with E-state index in [9.17, 15) is 13.2 Å². The van der Waals surface area contributed by atoms with E-state index < -0.39 is 10.0 Å². The number of anilines is 1. The van der Waals surface area contributed by atoms with Gasteiger partial charge in [-0.1, -0.05) is 23.2 Å². The molecular formula is C20H24Cl2N3O5S+. The summed E-state index contributed by atoms with van der Waals surface area (Å²) in [6, 6.07) is 9.50. The monoisotopic (exact) mass is 488 g/mol. The Morgan fingerprint density at radius 2 is 1.81 bits per heavy atom. The maximum absolute atomic E-state index is 12.9. The summed E-state index contributed by atoms with van der Waals surface area (Å²) in [5, 5.41) is 3.27. The van der Waals surface area contributed by atoms with E-state index in [0.717, 1.165) is 4.90 Å². The first-order valence-corrected chi connectivity index (χ1v) is 11.7. The van der Waals surface area contributed by atoms with Gasteiger partial charge in [0.1, 0.15) is 16.4 Å². The highest BCUT2D eigenvalue weighted by atomic mass is 35.5. The first-order chi connectivity index (χ1) is 14.7. The zero-order valence-electron chi connectivity index (χ0n) is 17.2. The molecule has 168 valence electrons. The molecule has 8 nitrogen and oxygen atoms in total. The molecule has 1 saturated heterocycles. The van der Waals surface area contributed by atoms with E-state index in [2.05, 4.69) is 5.32 Å². The number of methoxy groups -OCH3 is 2. The molecule has 0 atom stereocenters. The van der Waals surface area contributed by atoms with Crippen LogP contribution in [0.2, 0.25) is 10.0 Å². The predicted molar refractivity (Wildman–Crippen MR) is 119 cm³/mol. The van der Waals surface area contributed by atoms with E-state index >= 15 is 0 Å². The summed E-state index contributed by atoms with van der Waals surface area (Å²) >= 11 is 12.0. The fraction of sp³-hybridized carbons (Fsp3) is 0.350. The Kier molecular flexibility index (Phi) is 7.66. The van der Waals surface area contributed by atoms with Crippen molar-refractivity contribution in [3.8, 4) is 11.5 Å². The Morgan fingerprint density at radius 1 is 1.10 bits per heavy atom. The summed E-state index contributed by atoms with van der Waals surface area (Å²) < 4.78 is 37.7. The lowest BCUT2D eigenvalue weighted by atomic mass is 10.2. The minimum atomic E-state index is -3.76. The summed E-state index contributed by atoms with van der Waals surface area (Å²) in [5.74, 6) is 0.933. The van der Waals surface area contributed by atoms with Gasteiger partial charge in [-0.15, -0.1) is 0 Å². The van der Waals surface area contributed by atoms with Crippen LogP contribution in [0.1, 0.15) is 0 Å². The van der Waals surface area contributed by atoms with Crippen molar-refractivity contribution < 1.29 is 27.6 Å². The Balaban J connectivity index is 1.59. The van der Waals surface area contributed by atoms with Crippen molar-refractivity contribution in [2.24, 2.45) is 0 Å². The minimum absolute atomic E-state index is 0.00513. The molecule has 31 heavy (non-hydrogen) atoms. The average molecular weight is 489 g/mol. The van der Waals surface area contributed by atoms with E-state index in [-0.39, 0.29) is 35.5 Å². The number of sulfonamides is 1. The molecule has 1 fully saturated rings. The maximum Gasteiger partial charge on any atom is 0.279 e. The zero-order valence-corrected chi connectivity index (χ0v) is 19.5. The normalized spacial score (nSPS) is 15.5. The number of piperazine rings is 1. The largest absolute Gasteiger partial charge is 0.497 e. The SMILES string of the molecule is COc1ccc(NC(=O)C[NH+]2CCN(S(=O)(=O)c3cc(Cl)ccc3Cl)CC2)c(OC)c1. The van der Waals surface area contributed by atoms with E-state index in [1.165, 1.54) is 23.5 Å². The lowest BCUT2D eigenvalue weighted by Gasteiger charge is -2.31. The van der Waals surface area contributed by atoms with Gasteiger partial charge in [-0.3, -0.25) is 4.79 Å². The van der Waals surface area contributed by atoms with Crippen LogP contribution < -0.4 is 19.7 Å². The van der Waals surface area contributed by atoms with Crippen LogP contribution in [0.3, 0.4) is 0 Å². The fourth-order valence-electron chi connectivity index (χ4n) is 3.36. The second-order valence-electron chi connectivity index (χ2n) is 7.02. The molecule has 2 aromatic carbocycles. The van der Waals surface area contributed by atoms with Gasteiger partial charge >= 0.3 is 0 Å². The molecule has 1 amide bonds. The number of nitrogens with zero attached hydrogens (tertiary/aromatic N) is 1. The number of ether oxygens (including phenoxy) is 2. The molecule has 0 spiro atoms. The quantitative estimate of drug-likeness (QED) is 0.616. The summed E-state index contributed by atoms with van der Waals surface area (Å²) in [7, 11) is -0.689. The molecule has 0 radical (unpaired) electrons. The van der Waals surface area contributed by atoms with Crippen molar-refractivity contribution in [2.45, 2.75) is 4.90 Å². The number of amides is 1. The zero-order chi connectivity index (χ0) is 22.6. The molecule has 1 aliphatic rings. The van der Waals surface area contributed by atoms with Crippen LogP contribution in [0.25, 0.3) is 0 Å². The molecule has 0 saturated carbocycles. The molecule has 3 rings (SSSR count). The third kappa shape index (κ3) is 5.61. The molecule has 0 aliphatic carbocycles. The highest BCUT2D eigenvalue weighted by molar-refractivity contribution is 7.89.